The van der Waals surface area contributed by atoms with E-state index in [2.05, 4.69) is 5.32 Å². The maximum absolute atomic E-state index is 14.4. The van der Waals surface area contributed by atoms with Crippen molar-refractivity contribution in [2.75, 3.05) is 10.8 Å². The van der Waals surface area contributed by atoms with Gasteiger partial charge in [-0.2, -0.15) is 13.2 Å². The van der Waals surface area contributed by atoms with E-state index in [-0.39, 0.29) is 23.9 Å². The Morgan fingerprint density at radius 3 is 1.91 bits per heavy atom. The Hall–Kier alpha value is -4.35. The first-order chi connectivity index (χ1) is 21.8. The van der Waals surface area contributed by atoms with Crippen molar-refractivity contribution in [1.82, 2.24) is 10.2 Å². The summed E-state index contributed by atoms with van der Waals surface area (Å²) in [6.07, 6.45) is -4.79. The van der Waals surface area contributed by atoms with Crippen molar-refractivity contribution in [2.45, 2.75) is 50.0 Å². The first-order valence-corrected chi connectivity index (χ1v) is 16.2. The largest absolute Gasteiger partial charge is 0.417 e. The molecule has 7 nitrogen and oxygen atoms in total. The molecule has 0 aromatic heterocycles. The molecular weight excluding hydrogens is 639 g/mol. The van der Waals surface area contributed by atoms with Crippen LogP contribution >= 0.6 is 11.6 Å². The molecule has 4 rings (SSSR count). The summed E-state index contributed by atoms with van der Waals surface area (Å²) >= 11 is 5.85. The van der Waals surface area contributed by atoms with E-state index in [9.17, 15) is 31.2 Å². The van der Waals surface area contributed by atoms with E-state index >= 15 is 0 Å². The summed E-state index contributed by atoms with van der Waals surface area (Å²) in [5.41, 5.74) is -0.264. The van der Waals surface area contributed by atoms with Gasteiger partial charge in [0.2, 0.25) is 11.8 Å². The number of nitrogens with zero attached hydrogens (tertiary/aromatic N) is 2. The summed E-state index contributed by atoms with van der Waals surface area (Å²) in [6.45, 7) is 2.57. The van der Waals surface area contributed by atoms with Crippen molar-refractivity contribution in [3.63, 3.8) is 0 Å². The summed E-state index contributed by atoms with van der Waals surface area (Å²) in [5.74, 6) is -1.27. The lowest BCUT2D eigenvalue weighted by Crippen LogP contribution is -2.54. The van der Waals surface area contributed by atoms with Gasteiger partial charge in [-0.15, -0.1) is 0 Å². The smallest absolute Gasteiger partial charge is 0.352 e. The van der Waals surface area contributed by atoms with Gasteiger partial charge < -0.3 is 10.2 Å². The highest BCUT2D eigenvalue weighted by atomic mass is 35.5. The molecule has 0 bridgehead atoms. The van der Waals surface area contributed by atoms with Gasteiger partial charge in [-0.1, -0.05) is 90.5 Å². The second kappa shape index (κ2) is 14.8. The number of anilines is 1. The summed E-state index contributed by atoms with van der Waals surface area (Å²) in [5, 5.41) is 2.23. The van der Waals surface area contributed by atoms with E-state index in [1.165, 1.54) is 29.2 Å². The van der Waals surface area contributed by atoms with Crippen LogP contribution in [0.4, 0.5) is 18.9 Å². The SMILES string of the molecule is CC(C)NC(=O)[C@@H](Cc1ccccc1)N(Cc1ccccc1)C(=O)CN(c1ccc(Cl)c(C(F)(F)F)c1)S(=O)(=O)c1ccccc1. The number of alkyl halides is 3. The zero-order valence-corrected chi connectivity index (χ0v) is 26.7. The molecule has 4 aromatic carbocycles. The number of nitrogens with one attached hydrogen (secondary N) is 1. The Bertz CT molecular complexity index is 1740. The topological polar surface area (TPSA) is 86.8 Å². The zero-order valence-electron chi connectivity index (χ0n) is 25.1. The summed E-state index contributed by atoms with van der Waals surface area (Å²) in [6, 6.07) is 26.2. The van der Waals surface area contributed by atoms with Crippen LogP contribution in [0.2, 0.25) is 5.02 Å². The number of carbonyl (C=O) groups excluding carboxylic acids is 2. The average molecular weight is 672 g/mol. The Morgan fingerprint density at radius 2 is 1.37 bits per heavy atom. The van der Waals surface area contributed by atoms with Gasteiger partial charge in [0.1, 0.15) is 12.6 Å². The molecule has 0 radical (unpaired) electrons. The van der Waals surface area contributed by atoms with E-state index in [0.29, 0.717) is 15.9 Å². The second-order valence-corrected chi connectivity index (χ2v) is 13.1. The number of hydrogen-bond donors (Lipinski definition) is 1. The van der Waals surface area contributed by atoms with Crippen LogP contribution in [0.15, 0.2) is 114 Å². The van der Waals surface area contributed by atoms with Crippen LogP contribution in [0.1, 0.15) is 30.5 Å². The summed E-state index contributed by atoms with van der Waals surface area (Å²) < 4.78 is 70.2. The van der Waals surface area contributed by atoms with Crippen molar-refractivity contribution in [1.29, 1.82) is 0 Å². The summed E-state index contributed by atoms with van der Waals surface area (Å²) in [4.78, 5) is 29.1. The lowest BCUT2D eigenvalue weighted by molar-refractivity contribution is -0.140. The molecule has 0 saturated heterocycles. The number of rotatable bonds is 12. The van der Waals surface area contributed by atoms with E-state index in [0.717, 1.165) is 17.7 Å². The number of halogens is 4. The first-order valence-electron chi connectivity index (χ1n) is 14.4. The third-order valence-corrected chi connectivity index (χ3v) is 9.17. The van der Waals surface area contributed by atoms with Crippen LogP contribution < -0.4 is 9.62 Å². The maximum atomic E-state index is 14.4. The molecule has 12 heteroatoms. The molecule has 0 saturated carbocycles. The summed E-state index contributed by atoms with van der Waals surface area (Å²) in [7, 11) is -4.58. The van der Waals surface area contributed by atoms with Crippen LogP contribution in [-0.4, -0.2) is 43.8 Å². The van der Waals surface area contributed by atoms with Gasteiger partial charge in [0, 0.05) is 19.0 Å². The van der Waals surface area contributed by atoms with Crippen LogP contribution in [0.25, 0.3) is 0 Å². The van der Waals surface area contributed by atoms with Gasteiger partial charge >= 0.3 is 6.18 Å². The number of sulfonamides is 1. The van der Waals surface area contributed by atoms with Gasteiger partial charge in [-0.3, -0.25) is 13.9 Å². The van der Waals surface area contributed by atoms with Gasteiger partial charge in [-0.25, -0.2) is 8.42 Å². The molecule has 0 heterocycles. The molecule has 4 aromatic rings. The predicted octanol–water partition coefficient (Wildman–Crippen LogP) is 6.72. The third-order valence-electron chi connectivity index (χ3n) is 7.05. The highest BCUT2D eigenvalue weighted by molar-refractivity contribution is 7.92. The van der Waals surface area contributed by atoms with Crippen molar-refractivity contribution in [3.8, 4) is 0 Å². The third kappa shape index (κ3) is 8.67. The molecule has 0 fully saturated rings. The van der Waals surface area contributed by atoms with Crippen molar-refractivity contribution in [2.24, 2.45) is 0 Å². The number of amides is 2. The average Bonchev–Trinajstić information content (AvgIpc) is 3.02. The minimum Gasteiger partial charge on any atom is -0.352 e. The zero-order chi connectivity index (χ0) is 33.5. The predicted molar refractivity (Wildman–Crippen MR) is 172 cm³/mol. The lowest BCUT2D eigenvalue weighted by atomic mass is 10.0. The first kappa shape index (κ1) is 34.5. The fourth-order valence-corrected chi connectivity index (χ4v) is 6.50. The van der Waals surface area contributed by atoms with Crippen LogP contribution in [-0.2, 0) is 38.8 Å². The van der Waals surface area contributed by atoms with Crippen molar-refractivity contribution < 1.29 is 31.2 Å². The minimum absolute atomic E-state index is 0.0731. The molecule has 242 valence electrons. The van der Waals surface area contributed by atoms with Crippen LogP contribution in [0.5, 0.6) is 0 Å². The number of benzene rings is 4. The molecule has 2 amide bonds. The Balaban J connectivity index is 1.84. The highest BCUT2D eigenvalue weighted by Gasteiger charge is 2.37. The molecule has 0 aliphatic heterocycles. The molecule has 0 unspecified atom stereocenters. The van der Waals surface area contributed by atoms with Crippen molar-refractivity contribution >= 4 is 39.1 Å². The normalized spacial score (nSPS) is 12.4. The van der Waals surface area contributed by atoms with Crippen LogP contribution in [0, 0.1) is 0 Å². The van der Waals surface area contributed by atoms with Gasteiger partial charge in [0.15, 0.2) is 0 Å². The lowest BCUT2D eigenvalue weighted by Gasteiger charge is -2.34. The molecule has 0 spiro atoms. The van der Waals surface area contributed by atoms with Gasteiger partial charge in [0.25, 0.3) is 10.0 Å². The van der Waals surface area contributed by atoms with Crippen LogP contribution in [0.3, 0.4) is 0 Å². The minimum atomic E-state index is -4.89. The van der Waals surface area contributed by atoms with E-state index in [4.69, 9.17) is 11.6 Å². The van der Waals surface area contributed by atoms with Gasteiger partial charge in [-0.05, 0) is 55.3 Å². The fourth-order valence-electron chi connectivity index (χ4n) is 4.85. The Labute approximate surface area is 271 Å². The molecule has 0 aliphatic rings. The van der Waals surface area contributed by atoms with E-state index < -0.39 is 56.9 Å². The quantitative estimate of drug-likeness (QED) is 0.181. The molecular formula is C34H33ClF3N3O4S. The molecule has 46 heavy (non-hydrogen) atoms. The highest BCUT2D eigenvalue weighted by Crippen LogP contribution is 2.38. The standard InChI is InChI=1S/C34H33ClF3N3O4S/c1-24(2)39-33(43)31(20-25-12-6-3-7-13-25)40(22-26-14-8-4-9-15-26)32(42)23-41(46(44,45)28-16-10-5-11-17-28)27-18-19-30(35)29(21-27)34(36,37)38/h3-19,21,24,31H,20,22-23H2,1-2H3,(H,39,43)/t31-/m1/s1. The molecule has 1 N–H and O–H groups in total. The van der Waals surface area contributed by atoms with E-state index in [1.807, 2.05) is 6.07 Å². The van der Waals surface area contributed by atoms with Gasteiger partial charge in [0.05, 0.1) is 21.2 Å². The number of hydrogen-bond acceptors (Lipinski definition) is 4. The Morgan fingerprint density at radius 1 is 0.826 bits per heavy atom. The van der Waals surface area contributed by atoms with Crippen molar-refractivity contribution in [3.05, 3.63) is 131 Å². The second-order valence-electron chi connectivity index (χ2n) is 10.9. The molecule has 0 aliphatic carbocycles. The van der Waals surface area contributed by atoms with E-state index in [1.54, 1.807) is 74.5 Å². The Kier molecular flexibility index (Phi) is 11.1. The monoisotopic (exact) mass is 671 g/mol. The maximum Gasteiger partial charge on any atom is 0.417 e. The number of carbonyl (C=O) groups is 2. The molecule has 1 atom stereocenters. The fraction of sp³-hybridized carbons (Fsp3) is 0.235.